The number of fused-ring (bicyclic) bond motifs is 1. The maximum atomic E-state index is 12.7. The lowest BCUT2D eigenvalue weighted by Crippen LogP contribution is -2.40. The lowest BCUT2D eigenvalue weighted by Gasteiger charge is -2.36. The largest absolute Gasteiger partial charge is 0.497 e. The van der Waals surface area contributed by atoms with Gasteiger partial charge in [-0.2, -0.15) is 0 Å². The van der Waals surface area contributed by atoms with E-state index in [1.807, 2.05) is 18.2 Å². The van der Waals surface area contributed by atoms with Crippen molar-refractivity contribution in [3.63, 3.8) is 0 Å². The molecule has 2 aromatic carbocycles. The zero-order chi connectivity index (χ0) is 19.4. The molecule has 142 valence electrons. The maximum absolute atomic E-state index is 12.7. The Bertz CT molecular complexity index is 850. The standard InChI is InChI=1S/C21H24N2O4/c1-14(24)23-11-10-15-6-4-5-7-17(15)19(23)13-21(25)22-18-9-8-16(26-2)12-20(18)27-3/h4-9,12,19H,10-11,13H2,1-3H3,(H,22,25). The minimum absolute atomic E-state index is 0.0238. The summed E-state index contributed by atoms with van der Waals surface area (Å²) < 4.78 is 10.5. The molecule has 1 heterocycles. The molecule has 1 aliphatic rings. The summed E-state index contributed by atoms with van der Waals surface area (Å²) in [5.41, 5.74) is 2.80. The molecule has 0 saturated carbocycles. The number of nitrogens with one attached hydrogen (secondary N) is 1. The van der Waals surface area contributed by atoms with E-state index < -0.39 is 0 Å². The van der Waals surface area contributed by atoms with Crippen LogP contribution in [0, 0.1) is 0 Å². The van der Waals surface area contributed by atoms with Gasteiger partial charge < -0.3 is 19.7 Å². The van der Waals surface area contributed by atoms with Crippen molar-refractivity contribution in [1.82, 2.24) is 4.90 Å². The SMILES string of the molecule is COc1ccc(NC(=O)CC2c3ccccc3CCN2C(C)=O)c(OC)c1. The predicted octanol–water partition coefficient (Wildman–Crippen LogP) is 3.18. The fourth-order valence-corrected chi connectivity index (χ4v) is 3.53. The third-order valence-electron chi connectivity index (χ3n) is 4.88. The van der Waals surface area contributed by atoms with Crippen molar-refractivity contribution in [2.24, 2.45) is 0 Å². The second kappa shape index (κ2) is 8.12. The summed E-state index contributed by atoms with van der Waals surface area (Å²) in [4.78, 5) is 26.6. The Morgan fingerprint density at radius 1 is 1.15 bits per heavy atom. The zero-order valence-electron chi connectivity index (χ0n) is 15.8. The predicted molar refractivity (Wildman–Crippen MR) is 103 cm³/mol. The van der Waals surface area contributed by atoms with Crippen LogP contribution in [0.2, 0.25) is 0 Å². The maximum Gasteiger partial charge on any atom is 0.226 e. The van der Waals surface area contributed by atoms with Gasteiger partial charge in [0.25, 0.3) is 0 Å². The average Bonchev–Trinajstić information content (AvgIpc) is 2.68. The van der Waals surface area contributed by atoms with Crippen LogP contribution in [0.3, 0.4) is 0 Å². The summed E-state index contributed by atoms with van der Waals surface area (Å²) in [7, 11) is 3.11. The Morgan fingerprint density at radius 3 is 2.63 bits per heavy atom. The second-order valence-electron chi connectivity index (χ2n) is 6.50. The van der Waals surface area contributed by atoms with Gasteiger partial charge in [-0.3, -0.25) is 9.59 Å². The molecule has 6 heteroatoms. The van der Waals surface area contributed by atoms with Crippen molar-refractivity contribution in [2.75, 3.05) is 26.1 Å². The van der Waals surface area contributed by atoms with Gasteiger partial charge in [-0.25, -0.2) is 0 Å². The molecular formula is C21H24N2O4. The molecule has 6 nitrogen and oxygen atoms in total. The first-order chi connectivity index (χ1) is 13.0. The molecule has 0 aliphatic carbocycles. The molecule has 0 spiro atoms. The van der Waals surface area contributed by atoms with Gasteiger partial charge in [0, 0.05) is 19.5 Å². The van der Waals surface area contributed by atoms with E-state index in [4.69, 9.17) is 9.47 Å². The first-order valence-electron chi connectivity index (χ1n) is 8.90. The number of hydrogen-bond donors (Lipinski definition) is 1. The molecule has 0 bridgehead atoms. The van der Waals surface area contributed by atoms with Crippen LogP contribution in [0.4, 0.5) is 5.69 Å². The molecule has 1 N–H and O–H groups in total. The van der Waals surface area contributed by atoms with Gasteiger partial charge in [0.15, 0.2) is 0 Å². The van der Waals surface area contributed by atoms with Crippen LogP contribution in [0.5, 0.6) is 11.5 Å². The third-order valence-corrected chi connectivity index (χ3v) is 4.88. The summed E-state index contributed by atoms with van der Waals surface area (Å²) in [6, 6.07) is 12.9. The van der Waals surface area contributed by atoms with Gasteiger partial charge in [0.1, 0.15) is 11.5 Å². The Kier molecular flexibility index (Phi) is 5.64. The van der Waals surface area contributed by atoms with E-state index >= 15 is 0 Å². The number of carbonyl (C=O) groups excluding carboxylic acids is 2. The minimum Gasteiger partial charge on any atom is -0.497 e. The number of benzene rings is 2. The van der Waals surface area contributed by atoms with Crippen LogP contribution in [0.1, 0.15) is 30.5 Å². The van der Waals surface area contributed by atoms with Crippen molar-refractivity contribution < 1.29 is 19.1 Å². The molecule has 3 rings (SSSR count). The highest BCUT2D eigenvalue weighted by Gasteiger charge is 2.30. The van der Waals surface area contributed by atoms with Gasteiger partial charge in [-0.1, -0.05) is 24.3 Å². The zero-order valence-corrected chi connectivity index (χ0v) is 15.8. The van der Waals surface area contributed by atoms with Gasteiger partial charge in [0.2, 0.25) is 11.8 Å². The van der Waals surface area contributed by atoms with Gasteiger partial charge >= 0.3 is 0 Å². The number of methoxy groups -OCH3 is 2. The van der Waals surface area contributed by atoms with Gasteiger partial charge in [-0.05, 0) is 29.7 Å². The lowest BCUT2D eigenvalue weighted by atomic mass is 9.90. The van der Waals surface area contributed by atoms with Crippen molar-refractivity contribution >= 4 is 17.5 Å². The topological polar surface area (TPSA) is 67.9 Å². The van der Waals surface area contributed by atoms with Crippen molar-refractivity contribution in [3.05, 3.63) is 53.6 Å². The molecule has 1 unspecified atom stereocenters. The van der Waals surface area contributed by atoms with Crippen LogP contribution in [-0.2, 0) is 16.0 Å². The monoisotopic (exact) mass is 368 g/mol. The number of amides is 2. The van der Waals surface area contributed by atoms with Gasteiger partial charge in [-0.15, -0.1) is 0 Å². The van der Waals surface area contributed by atoms with E-state index in [1.165, 1.54) is 5.56 Å². The highest BCUT2D eigenvalue weighted by molar-refractivity contribution is 5.93. The van der Waals surface area contributed by atoms with E-state index in [0.29, 0.717) is 23.7 Å². The van der Waals surface area contributed by atoms with Crippen LogP contribution in [0.25, 0.3) is 0 Å². The highest BCUT2D eigenvalue weighted by Crippen LogP contribution is 2.34. The summed E-state index contributed by atoms with van der Waals surface area (Å²) in [5.74, 6) is 0.972. The van der Waals surface area contributed by atoms with Crippen LogP contribution in [-0.4, -0.2) is 37.5 Å². The molecule has 0 saturated heterocycles. The molecule has 0 radical (unpaired) electrons. The summed E-state index contributed by atoms with van der Waals surface area (Å²) in [6.07, 6.45) is 0.992. The molecule has 2 aromatic rings. The molecule has 27 heavy (non-hydrogen) atoms. The van der Waals surface area contributed by atoms with Crippen molar-refractivity contribution in [1.29, 1.82) is 0 Å². The molecular weight excluding hydrogens is 344 g/mol. The number of ether oxygens (including phenoxy) is 2. The highest BCUT2D eigenvalue weighted by atomic mass is 16.5. The van der Waals surface area contributed by atoms with Crippen LogP contribution >= 0.6 is 0 Å². The number of nitrogens with zero attached hydrogens (tertiary/aromatic N) is 1. The van der Waals surface area contributed by atoms with E-state index in [2.05, 4.69) is 11.4 Å². The summed E-state index contributed by atoms with van der Waals surface area (Å²) >= 11 is 0. The van der Waals surface area contributed by atoms with Crippen LogP contribution < -0.4 is 14.8 Å². The second-order valence-corrected chi connectivity index (χ2v) is 6.50. The minimum atomic E-state index is -0.267. The fourth-order valence-electron chi connectivity index (χ4n) is 3.53. The number of anilines is 1. The van der Waals surface area contributed by atoms with Crippen molar-refractivity contribution in [2.45, 2.75) is 25.8 Å². The molecule has 1 aliphatic heterocycles. The normalized spacial score (nSPS) is 15.7. The molecule has 0 aromatic heterocycles. The van der Waals surface area contributed by atoms with Crippen LogP contribution in [0.15, 0.2) is 42.5 Å². The molecule has 1 atom stereocenters. The number of rotatable bonds is 5. The average molecular weight is 368 g/mol. The Labute approximate surface area is 159 Å². The Balaban J connectivity index is 1.81. The van der Waals surface area contributed by atoms with E-state index in [1.54, 1.807) is 44.2 Å². The van der Waals surface area contributed by atoms with E-state index in [-0.39, 0.29) is 24.3 Å². The van der Waals surface area contributed by atoms with Gasteiger partial charge in [0.05, 0.1) is 32.4 Å². The molecule has 0 fully saturated rings. The fraction of sp³-hybridized carbons (Fsp3) is 0.333. The number of hydrogen-bond acceptors (Lipinski definition) is 4. The molecule has 2 amide bonds. The quantitative estimate of drug-likeness (QED) is 0.880. The first kappa shape index (κ1) is 18.8. The smallest absolute Gasteiger partial charge is 0.226 e. The Morgan fingerprint density at radius 2 is 1.93 bits per heavy atom. The Hall–Kier alpha value is -3.02. The van der Waals surface area contributed by atoms with E-state index in [0.717, 1.165) is 12.0 Å². The third kappa shape index (κ3) is 4.05. The summed E-state index contributed by atoms with van der Waals surface area (Å²) in [6.45, 7) is 2.17. The first-order valence-corrected chi connectivity index (χ1v) is 8.90. The number of carbonyl (C=O) groups is 2. The lowest BCUT2D eigenvalue weighted by molar-refractivity contribution is -0.132. The van der Waals surface area contributed by atoms with Crippen molar-refractivity contribution in [3.8, 4) is 11.5 Å². The van der Waals surface area contributed by atoms with E-state index in [9.17, 15) is 9.59 Å². The summed E-state index contributed by atoms with van der Waals surface area (Å²) in [5, 5.41) is 2.89.